The zero-order valence-corrected chi connectivity index (χ0v) is 16.0. The van der Waals surface area contributed by atoms with Gasteiger partial charge in [0.2, 0.25) is 10.0 Å². The van der Waals surface area contributed by atoms with Crippen LogP contribution in [0.15, 0.2) is 4.52 Å². The Bertz CT molecular complexity index is 716. The lowest BCUT2D eigenvalue weighted by Gasteiger charge is -2.42. The van der Waals surface area contributed by atoms with Gasteiger partial charge in [-0.2, -0.15) is 4.31 Å². The van der Waals surface area contributed by atoms with Crippen LogP contribution in [0, 0.1) is 19.8 Å². The molecule has 1 unspecified atom stereocenters. The van der Waals surface area contributed by atoms with Crippen molar-refractivity contribution in [3.05, 3.63) is 17.0 Å². The molecule has 1 aromatic heterocycles. The molecule has 1 aromatic rings. The summed E-state index contributed by atoms with van der Waals surface area (Å²) in [5.41, 5.74) is 1.19. The second kappa shape index (κ2) is 7.07. The van der Waals surface area contributed by atoms with Gasteiger partial charge in [-0.05, 0) is 45.4 Å². The van der Waals surface area contributed by atoms with Crippen LogP contribution < -0.4 is 0 Å². The molecule has 0 bridgehead atoms. The van der Waals surface area contributed by atoms with E-state index in [-0.39, 0.29) is 11.9 Å². The number of piperidine rings is 2. The molecule has 25 heavy (non-hydrogen) atoms. The first-order valence-electron chi connectivity index (χ1n) is 8.98. The van der Waals surface area contributed by atoms with Crippen molar-refractivity contribution in [3.63, 3.8) is 0 Å². The molecule has 0 saturated carbocycles. The monoisotopic (exact) mass is 369 g/mol. The van der Waals surface area contributed by atoms with E-state index in [2.05, 4.69) is 5.16 Å². The highest BCUT2D eigenvalue weighted by molar-refractivity contribution is 7.88. The molecular formula is C17H27N3O4S. The molecule has 0 aliphatic carbocycles. The number of amides is 1. The minimum absolute atomic E-state index is 0.0293. The van der Waals surface area contributed by atoms with Gasteiger partial charge in [0.25, 0.3) is 5.91 Å². The van der Waals surface area contributed by atoms with Gasteiger partial charge in [0, 0.05) is 25.7 Å². The van der Waals surface area contributed by atoms with E-state index < -0.39 is 10.0 Å². The highest BCUT2D eigenvalue weighted by Gasteiger charge is 2.37. The van der Waals surface area contributed by atoms with Crippen LogP contribution >= 0.6 is 0 Å². The molecule has 2 aliphatic heterocycles. The van der Waals surface area contributed by atoms with Gasteiger partial charge in [0.15, 0.2) is 0 Å². The maximum atomic E-state index is 12.7. The molecule has 7 nitrogen and oxygen atoms in total. The zero-order valence-electron chi connectivity index (χ0n) is 15.2. The van der Waals surface area contributed by atoms with Crippen LogP contribution in [0.5, 0.6) is 0 Å². The third-order valence-corrected chi connectivity index (χ3v) is 6.85. The predicted octanol–water partition coefficient (Wildman–Crippen LogP) is 1.96. The van der Waals surface area contributed by atoms with Gasteiger partial charge in [0.05, 0.1) is 11.9 Å². The van der Waals surface area contributed by atoms with Gasteiger partial charge in [0.1, 0.15) is 11.3 Å². The molecule has 0 aromatic carbocycles. The summed E-state index contributed by atoms with van der Waals surface area (Å²) in [6.07, 6.45) is 5.93. The number of aryl methyl sites for hydroxylation is 2. The Labute approximate surface area is 149 Å². The zero-order chi connectivity index (χ0) is 18.2. The van der Waals surface area contributed by atoms with E-state index in [0.29, 0.717) is 42.6 Å². The van der Waals surface area contributed by atoms with Crippen molar-refractivity contribution in [1.82, 2.24) is 14.4 Å². The third kappa shape index (κ3) is 3.74. The summed E-state index contributed by atoms with van der Waals surface area (Å²) in [6.45, 7) is 5.47. The maximum absolute atomic E-state index is 12.7. The summed E-state index contributed by atoms with van der Waals surface area (Å²) >= 11 is 0. The normalized spacial score (nSPS) is 23.8. The summed E-state index contributed by atoms with van der Waals surface area (Å²) in [4.78, 5) is 14.6. The standard InChI is InChI=1S/C17H27N3O4S/c1-12-16(13(2)24-18-12)17(21)19-10-7-14(8-11-19)15-6-4-5-9-20(15)25(3,22)23/h14-15H,4-11H2,1-3H3. The topological polar surface area (TPSA) is 83.7 Å². The van der Waals surface area contributed by atoms with Crippen LogP contribution in [0.2, 0.25) is 0 Å². The molecule has 0 radical (unpaired) electrons. The van der Waals surface area contributed by atoms with Crippen molar-refractivity contribution >= 4 is 15.9 Å². The fourth-order valence-corrected chi connectivity index (χ4v) is 5.48. The Hall–Kier alpha value is -1.41. The lowest BCUT2D eigenvalue weighted by atomic mass is 9.85. The van der Waals surface area contributed by atoms with Crippen molar-refractivity contribution in [2.45, 2.75) is 52.0 Å². The number of rotatable bonds is 3. The molecule has 1 amide bonds. The van der Waals surface area contributed by atoms with Crippen LogP contribution in [-0.2, 0) is 10.0 Å². The molecular weight excluding hydrogens is 342 g/mol. The van der Waals surface area contributed by atoms with Gasteiger partial charge in [-0.3, -0.25) is 4.79 Å². The number of sulfonamides is 1. The first-order chi connectivity index (χ1) is 11.8. The summed E-state index contributed by atoms with van der Waals surface area (Å²) in [5, 5.41) is 3.86. The van der Waals surface area contributed by atoms with E-state index in [4.69, 9.17) is 4.52 Å². The molecule has 140 valence electrons. The minimum atomic E-state index is -3.17. The van der Waals surface area contributed by atoms with Gasteiger partial charge >= 0.3 is 0 Å². The number of aromatic nitrogens is 1. The molecule has 3 heterocycles. The molecule has 0 N–H and O–H groups in total. The lowest BCUT2D eigenvalue weighted by Crippen LogP contribution is -2.50. The third-order valence-electron chi connectivity index (χ3n) is 5.54. The summed E-state index contributed by atoms with van der Waals surface area (Å²) < 4.78 is 31.0. The highest BCUT2D eigenvalue weighted by Crippen LogP contribution is 2.32. The number of carbonyl (C=O) groups is 1. The first-order valence-corrected chi connectivity index (χ1v) is 10.8. The van der Waals surface area contributed by atoms with Crippen molar-refractivity contribution < 1.29 is 17.7 Å². The van der Waals surface area contributed by atoms with Crippen molar-refractivity contribution in [2.24, 2.45) is 5.92 Å². The highest BCUT2D eigenvalue weighted by atomic mass is 32.2. The lowest BCUT2D eigenvalue weighted by molar-refractivity contribution is 0.0618. The van der Waals surface area contributed by atoms with E-state index in [1.807, 2.05) is 4.90 Å². The van der Waals surface area contributed by atoms with Crippen LogP contribution in [-0.4, -0.2) is 60.6 Å². The largest absolute Gasteiger partial charge is 0.361 e. The number of likely N-dealkylation sites (tertiary alicyclic amines) is 1. The molecule has 1 atom stereocenters. The van der Waals surface area contributed by atoms with Gasteiger partial charge in [-0.25, -0.2) is 8.42 Å². The van der Waals surface area contributed by atoms with E-state index in [1.54, 1.807) is 18.2 Å². The number of hydrogen-bond donors (Lipinski definition) is 0. The summed E-state index contributed by atoms with van der Waals surface area (Å²) in [7, 11) is -3.17. The van der Waals surface area contributed by atoms with Crippen LogP contribution in [0.25, 0.3) is 0 Å². The molecule has 3 rings (SSSR count). The Morgan fingerprint density at radius 3 is 2.36 bits per heavy atom. The van der Waals surface area contributed by atoms with Crippen molar-refractivity contribution in [3.8, 4) is 0 Å². The Balaban J connectivity index is 1.66. The Kier molecular flexibility index (Phi) is 5.20. The minimum Gasteiger partial charge on any atom is -0.361 e. The van der Waals surface area contributed by atoms with Crippen LogP contribution in [0.4, 0.5) is 0 Å². The molecule has 2 fully saturated rings. The smallest absolute Gasteiger partial charge is 0.259 e. The number of carbonyl (C=O) groups excluding carboxylic acids is 1. The number of nitrogens with zero attached hydrogens (tertiary/aromatic N) is 3. The summed E-state index contributed by atoms with van der Waals surface area (Å²) in [5.74, 6) is 0.849. The number of hydrogen-bond acceptors (Lipinski definition) is 5. The Morgan fingerprint density at radius 1 is 1.12 bits per heavy atom. The first kappa shape index (κ1) is 18.4. The Morgan fingerprint density at radius 2 is 1.80 bits per heavy atom. The fraction of sp³-hybridized carbons (Fsp3) is 0.765. The second-order valence-electron chi connectivity index (χ2n) is 7.27. The molecule has 2 saturated heterocycles. The second-order valence-corrected chi connectivity index (χ2v) is 9.20. The average Bonchev–Trinajstić information content (AvgIpc) is 2.92. The quantitative estimate of drug-likeness (QED) is 0.813. The average molecular weight is 369 g/mol. The van der Waals surface area contributed by atoms with Gasteiger partial charge in [-0.15, -0.1) is 0 Å². The maximum Gasteiger partial charge on any atom is 0.259 e. The van der Waals surface area contributed by atoms with Crippen LogP contribution in [0.3, 0.4) is 0 Å². The van der Waals surface area contributed by atoms with Gasteiger partial charge in [-0.1, -0.05) is 11.6 Å². The van der Waals surface area contributed by atoms with E-state index in [0.717, 1.165) is 32.1 Å². The molecule has 8 heteroatoms. The fourth-order valence-electron chi connectivity index (χ4n) is 4.25. The van der Waals surface area contributed by atoms with Crippen molar-refractivity contribution in [1.29, 1.82) is 0 Å². The van der Waals surface area contributed by atoms with E-state index >= 15 is 0 Å². The van der Waals surface area contributed by atoms with Crippen LogP contribution in [0.1, 0.15) is 53.9 Å². The van der Waals surface area contributed by atoms with E-state index in [9.17, 15) is 13.2 Å². The molecule has 2 aliphatic rings. The summed E-state index contributed by atoms with van der Waals surface area (Å²) in [6, 6.07) is 0.0834. The van der Waals surface area contributed by atoms with Crippen molar-refractivity contribution in [2.75, 3.05) is 25.9 Å². The van der Waals surface area contributed by atoms with E-state index in [1.165, 1.54) is 6.26 Å². The SMILES string of the molecule is Cc1noc(C)c1C(=O)N1CCC(C2CCCCN2S(C)(=O)=O)CC1. The van der Waals surface area contributed by atoms with Gasteiger partial charge < -0.3 is 9.42 Å². The predicted molar refractivity (Wildman–Crippen MR) is 93.8 cm³/mol. The molecule has 0 spiro atoms.